The molecule has 0 spiro atoms. The summed E-state index contributed by atoms with van der Waals surface area (Å²) < 4.78 is 93.4. The first-order chi connectivity index (χ1) is 42.7. The van der Waals surface area contributed by atoms with E-state index in [1.807, 2.05) is 0 Å². The molecule has 30 heterocycles. The Balaban J connectivity index is 0.986. The van der Waals surface area contributed by atoms with Crippen molar-refractivity contribution in [1.82, 2.24) is 0 Å². The third kappa shape index (κ3) is 14.5. The molecule has 30 fully saturated rings. The van der Waals surface area contributed by atoms with Gasteiger partial charge in [0.15, 0.2) is 50.3 Å². The van der Waals surface area contributed by atoms with Crippen molar-refractivity contribution in [2.24, 2.45) is 5.92 Å². The summed E-state index contributed by atoms with van der Waals surface area (Å²) in [5, 5.41) is 246. The highest BCUT2D eigenvalue weighted by atomic mass is 16.8. The topological polar surface area (TPSA) is 593 Å². The largest absolute Gasteiger partial charge is 0.394 e. The van der Waals surface area contributed by atoms with Gasteiger partial charge in [0.05, 0.1) is 51.8 Å². The van der Waals surface area contributed by atoms with Crippen LogP contribution in [0.3, 0.4) is 0 Å². The summed E-state index contributed by atoms with van der Waals surface area (Å²) in [6, 6.07) is 0. The Bertz CT molecular complexity index is 2180. The van der Waals surface area contributed by atoms with Crippen LogP contribution in [0.4, 0.5) is 0 Å². The van der Waals surface area contributed by atoms with Crippen molar-refractivity contribution in [3.05, 3.63) is 0 Å². The van der Waals surface area contributed by atoms with Crippen LogP contribution in [0.1, 0.15) is 33.6 Å². The molecule has 30 saturated heterocycles. The second kappa shape index (κ2) is 30.9. The van der Waals surface area contributed by atoms with Crippen LogP contribution in [-0.2, 0) is 75.8 Å². The van der Waals surface area contributed by atoms with Crippen LogP contribution in [0, 0.1) is 5.92 Å². The predicted octanol–water partition coefficient (Wildman–Crippen LogP) is -13.9. The van der Waals surface area contributed by atoms with Crippen LogP contribution in [0.25, 0.3) is 0 Å². The monoisotopic (exact) mass is 1320 g/mol. The van der Waals surface area contributed by atoms with E-state index in [2.05, 4.69) is 0 Å². The molecule has 22 N–H and O–H groups in total. The molecule has 38 heteroatoms. The Kier molecular flexibility index (Phi) is 25.0. The van der Waals surface area contributed by atoms with Crippen LogP contribution >= 0.6 is 0 Å². The number of hydrogen-bond donors (Lipinski definition) is 22. The zero-order valence-corrected chi connectivity index (χ0v) is 48.7. The first-order valence-corrected chi connectivity index (χ1v) is 29.8. The maximum absolute atomic E-state index is 11.7. The molecular weight excluding hydrogens is 1230 g/mol. The Hall–Kier alpha value is -1.52. The summed E-state index contributed by atoms with van der Waals surface area (Å²) in [7, 11) is 0. The van der Waals surface area contributed by atoms with Gasteiger partial charge in [-0.1, -0.05) is 20.8 Å². The number of aliphatic hydroxyl groups excluding tert-OH is 22. The molecule has 30 rings (SSSR count). The van der Waals surface area contributed by atoms with Crippen molar-refractivity contribution in [1.29, 1.82) is 0 Å². The number of rotatable bonds is 9. The maximum Gasteiger partial charge on any atom is 0.187 e. The van der Waals surface area contributed by atoms with Crippen molar-refractivity contribution in [3.8, 4) is 0 Å². The van der Waals surface area contributed by atoms with Crippen molar-refractivity contribution in [3.63, 3.8) is 0 Å². The summed E-state index contributed by atoms with van der Waals surface area (Å²) in [5.74, 6) is -0.264. The Morgan fingerprint density at radius 3 is 0.511 bits per heavy atom. The van der Waals surface area contributed by atoms with Crippen LogP contribution in [0.2, 0.25) is 0 Å². The van der Waals surface area contributed by atoms with E-state index in [1.165, 1.54) is 0 Å². The Morgan fingerprint density at radius 1 is 0.211 bits per heavy atom. The van der Waals surface area contributed by atoms with Gasteiger partial charge in [0.1, 0.15) is 183 Å². The molecule has 40 unspecified atom stereocenters. The standard InChI is InChI=1S/C52H88O38/c1-4-13-37-21(59)29(67)45(75-13)85-39-15(6-53)78-48(32(70)24(39)62)87-41-17(8-55)80-50(34(72)26(41)64)89-43-19(10-57)82-52(36(74)28(43)66)90-44-20(11-58)81-51(35(73)27(44)65)88-42-18(9-56)79-49(33(71)25(42)63)86-40-16(7-54)77-47(31(69)23(40)61)84-38-14(5-12(2)3)76-46(83-37)30(68)22(38)60/h12-74H,4-11H2,1-3H3. The van der Waals surface area contributed by atoms with Gasteiger partial charge in [-0.25, -0.2) is 0 Å². The second-order valence-electron chi connectivity index (χ2n) is 24.1. The number of hydrogen-bond acceptors (Lipinski definition) is 38. The highest BCUT2D eigenvalue weighted by Crippen LogP contribution is 2.40. The van der Waals surface area contributed by atoms with Crippen molar-refractivity contribution in [2.45, 2.75) is 279 Å². The molecule has 0 amide bonds. The molecule has 40 atom stereocenters. The first-order valence-electron chi connectivity index (χ1n) is 29.8. The number of aliphatic hydroxyl groups is 22. The fourth-order valence-electron chi connectivity index (χ4n) is 12.6. The van der Waals surface area contributed by atoms with Crippen molar-refractivity contribution < 1.29 is 188 Å². The quantitative estimate of drug-likeness (QED) is 0.102. The molecule has 0 aromatic heterocycles. The predicted molar refractivity (Wildman–Crippen MR) is 277 cm³/mol. The summed E-state index contributed by atoms with van der Waals surface area (Å²) in [4.78, 5) is 0. The average Bonchev–Trinajstić information content (AvgIpc) is 0.885. The van der Waals surface area contributed by atoms with Gasteiger partial charge >= 0.3 is 0 Å². The van der Waals surface area contributed by atoms with Crippen molar-refractivity contribution in [2.75, 3.05) is 39.6 Å². The zero-order valence-electron chi connectivity index (χ0n) is 48.7. The summed E-state index contributed by atoms with van der Waals surface area (Å²) >= 11 is 0. The highest BCUT2D eigenvalue weighted by Gasteiger charge is 2.60. The number of ether oxygens (including phenoxy) is 16. The molecule has 90 heavy (non-hydrogen) atoms. The summed E-state index contributed by atoms with van der Waals surface area (Å²) in [6.45, 7) is -1.19. The molecule has 30 aliphatic rings. The minimum atomic E-state index is -2.23. The zero-order chi connectivity index (χ0) is 65.6. The van der Waals surface area contributed by atoms with Gasteiger partial charge in [-0.2, -0.15) is 0 Å². The first kappa shape index (κ1) is 72.7. The minimum absolute atomic E-state index is 0.0249. The minimum Gasteiger partial charge on any atom is -0.394 e. The molecule has 0 aromatic rings. The third-order valence-corrected chi connectivity index (χ3v) is 17.6. The highest BCUT2D eigenvalue weighted by molar-refractivity contribution is 5.02. The van der Waals surface area contributed by atoms with Crippen molar-refractivity contribution >= 4 is 0 Å². The average molecular weight is 1320 g/mol. The second-order valence-corrected chi connectivity index (χ2v) is 24.1. The van der Waals surface area contributed by atoms with E-state index < -0.39 is 285 Å². The van der Waals surface area contributed by atoms with Crippen LogP contribution in [0.5, 0.6) is 0 Å². The lowest BCUT2D eigenvalue weighted by Crippen LogP contribution is -2.69. The van der Waals surface area contributed by atoms with E-state index in [4.69, 9.17) is 75.8 Å². The van der Waals surface area contributed by atoms with E-state index in [0.29, 0.717) is 0 Å². The van der Waals surface area contributed by atoms with Gasteiger partial charge in [0.2, 0.25) is 0 Å². The van der Waals surface area contributed by atoms with Gasteiger partial charge in [0.25, 0.3) is 0 Å². The third-order valence-electron chi connectivity index (χ3n) is 17.6. The fraction of sp³-hybridized carbons (Fsp3) is 1.00. The molecule has 0 aromatic carbocycles. The molecule has 524 valence electrons. The SMILES string of the molecule is CCC1OC2OC3C(CO)OC(OC4C(CO)OC(OC5C(CO)OC(OC6C(CO)OC(OC7C(CO)OC(OC8C(CO)OC(OC9C(CC(C)C)OC(OC1C(O)C2O)C(O)C9O)C(O)C8O)C(O)C7O)C(O)C6O)C(O)C5O)C(O)C4O)C(O)C3O. The van der Waals surface area contributed by atoms with Crippen LogP contribution in [0.15, 0.2) is 0 Å². The Labute approximate surface area is 512 Å². The lowest BCUT2D eigenvalue weighted by atomic mass is 9.91. The summed E-state index contributed by atoms with van der Waals surface area (Å²) in [5.41, 5.74) is 0. The van der Waals surface area contributed by atoms with Crippen LogP contribution < -0.4 is 0 Å². The van der Waals surface area contributed by atoms with E-state index in [1.54, 1.807) is 20.8 Å². The lowest BCUT2D eigenvalue weighted by Gasteiger charge is -2.51. The molecule has 0 aliphatic carbocycles. The molecule has 0 radical (unpaired) electrons. The summed E-state index contributed by atoms with van der Waals surface area (Å²) in [6.07, 6.45) is -77.7. The fourth-order valence-corrected chi connectivity index (χ4v) is 12.6. The molecule has 38 nitrogen and oxygen atoms in total. The van der Waals surface area contributed by atoms with Crippen LogP contribution in [-0.4, -0.2) is 398 Å². The molecule has 30 aliphatic heterocycles. The maximum atomic E-state index is 11.7. The van der Waals surface area contributed by atoms with E-state index in [0.717, 1.165) is 0 Å². The normalized spacial score (nSPS) is 54.5. The Morgan fingerprint density at radius 2 is 0.356 bits per heavy atom. The van der Waals surface area contributed by atoms with E-state index in [9.17, 15) is 112 Å². The molecular formula is C52H88O38. The lowest BCUT2D eigenvalue weighted by molar-refractivity contribution is -0.403. The molecule has 0 saturated carbocycles. The van der Waals surface area contributed by atoms with Gasteiger partial charge in [-0.15, -0.1) is 0 Å². The van der Waals surface area contributed by atoms with E-state index >= 15 is 0 Å². The van der Waals surface area contributed by atoms with Gasteiger partial charge < -0.3 is 188 Å². The van der Waals surface area contributed by atoms with Gasteiger partial charge in [0, 0.05) is 0 Å². The van der Waals surface area contributed by atoms with E-state index in [-0.39, 0.29) is 18.8 Å². The van der Waals surface area contributed by atoms with Gasteiger partial charge in [-0.3, -0.25) is 0 Å². The van der Waals surface area contributed by atoms with Gasteiger partial charge in [-0.05, 0) is 18.8 Å². The smallest absolute Gasteiger partial charge is 0.187 e. The molecule has 16 bridgehead atoms.